The van der Waals surface area contributed by atoms with Crippen LogP contribution in [0.15, 0.2) is 84.9 Å². The lowest BCUT2D eigenvalue weighted by Gasteiger charge is -2.17. The summed E-state index contributed by atoms with van der Waals surface area (Å²) < 4.78 is 0. The molecule has 0 spiro atoms. The van der Waals surface area contributed by atoms with Gasteiger partial charge in [0.1, 0.15) is 0 Å². The van der Waals surface area contributed by atoms with Gasteiger partial charge in [-0.05, 0) is 83.5 Å². The number of benzene rings is 4. The molecule has 2 N–H and O–H groups in total. The highest BCUT2D eigenvalue weighted by molar-refractivity contribution is 5.86. The molecule has 0 bridgehead atoms. The molecule has 0 amide bonds. The Kier molecular flexibility index (Phi) is 6.74. The van der Waals surface area contributed by atoms with E-state index in [-0.39, 0.29) is 0 Å². The molecule has 1 heteroatoms. The molecule has 0 atom stereocenters. The van der Waals surface area contributed by atoms with Crippen LogP contribution in [0.25, 0.3) is 33.4 Å². The van der Waals surface area contributed by atoms with Crippen molar-refractivity contribution in [3.8, 4) is 33.4 Å². The fourth-order valence-electron chi connectivity index (χ4n) is 3.96. The van der Waals surface area contributed by atoms with Gasteiger partial charge in [0.15, 0.2) is 0 Å². The van der Waals surface area contributed by atoms with E-state index >= 15 is 0 Å². The van der Waals surface area contributed by atoms with Crippen molar-refractivity contribution < 1.29 is 0 Å². The molecule has 152 valence electrons. The Morgan fingerprint density at radius 1 is 0.467 bits per heavy atom. The molecular formula is C29H31N. The van der Waals surface area contributed by atoms with E-state index < -0.39 is 0 Å². The Hall–Kier alpha value is -3.32. The average Bonchev–Trinajstić information content (AvgIpc) is 2.77. The monoisotopic (exact) mass is 393 g/mol. The van der Waals surface area contributed by atoms with Crippen LogP contribution in [0.4, 0.5) is 5.69 Å². The molecule has 0 radical (unpaired) electrons. The molecule has 0 aliphatic carbocycles. The van der Waals surface area contributed by atoms with Crippen LogP contribution in [0.3, 0.4) is 0 Å². The maximum Gasteiger partial charge on any atom is 0.0396 e. The van der Waals surface area contributed by atoms with E-state index in [1.165, 1.54) is 38.9 Å². The van der Waals surface area contributed by atoms with Crippen LogP contribution in [0, 0.1) is 20.8 Å². The van der Waals surface area contributed by atoms with E-state index in [9.17, 15) is 0 Å². The number of aryl methyl sites for hydroxylation is 3. The van der Waals surface area contributed by atoms with Gasteiger partial charge >= 0.3 is 0 Å². The fourth-order valence-corrected chi connectivity index (χ4v) is 3.96. The lowest BCUT2D eigenvalue weighted by atomic mass is 9.88. The van der Waals surface area contributed by atoms with Gasteiger partial charge in [0.2, 0.25) is 0 Å². The summed E-state index contributed by atoms with van der Waals surface area (Å²) in [6, 6.07) is 29.9. The van der Waals surface area contributed by atoms with Crippen LogP contribution in [-0.2, 0) is 0 Å². The Morgan fingerprint density at radius 3 is 1.40 bits per heavy atom. The first kappa shape index (κ1) is 21.4. The van der Waals surface area contributed by atoms with Crippen molar-refractivity contribution in [1.29, 1.82) is 0 Å². The van der Waals surface area contributed by atoms with Crippen molar-refractivity contribution in [3.63, 3.8) is 0 Å². The second-order valence-corrected chi connectivity index (χ2v) is 7.47. The standard InChI is InChI=1S/C27H25N.C2H6/c1-18-14-19(2)24(16-23(18)21-10-6-4-7-11-21)25-17-26(27(28)15-20(25)3)22-12-8-5-9-13-22;1-2/h4-17H,28H2,1-3H3;1-2H3. The first-order valence-electron chi connectivity index (χ1n) is 10.7. The van der Waals surface area contributed by atoms with Crippen molar-refractivity contribution in [3.05, 3.63) is 102 Å². The third-order valence-electron chi connectivity index (χ3n) is 5.43. The van der Waals surface area contributed by atoms with Gasteiger partial charge in [-0.1, -0.05) is 80.6 Å². The van der Waals surface area contributed by atoms with E-state index in [2.05, 4.69) is 99.6 Å². The van der Waals surface area contributed by atoms with E-state index in [0.717, 1.165) is 16.8 Å². The number of nitrogen functional groups attached to an aromatic ring is 1. The van der Waals surface area contributed by atoms with Gasteiger partial charge in [0.05, 0.1) is 0 Å². The fraction of sp³-hybridized carbons (Fsp3) is 0.172. The molecule has 4 aromatic rings. The van der Waals surface area contributed by atoms with Gasteiger partial charge in [-0.15, -0.1) is 0 Å². The number of nitrogens with two attached hydrogens (primary N) is 1. The van der Waals surface area contributed by atoms with E-state index in [1.807, 2.05) is 19.9 Å². The van der Waals surface area contributed by atoms with Crippen LogP contribution < -0.4 is 5.73 Å². The quantitative estimate of drug-likeness (QED) is 0.349. The normalized spacial score (nSPS) is 10.3. The summed E-state index contributed by atoms with van der Waals surface area (Å²) in [5.74, 6) is 0. The van der Waals surface area contributed by atoms with Crippen molar-refractivity contribution in [2.24, 2.45) is 0 Å². The summed E-state index contributed by atoms with van der Waals surface area (Å²) in [5, 5.41) is 0. The summed E-state index contributed by atoms with van der Waals surface area (Å²) in [6.07, 6.45) is 0. The smallest absolute Gasteiger partial charge is 0.0396 e. The lowest BCUT2D eigenvalue weighted by Crippen LogP contribution is -1.96. The van der Waals surface area contributed by atoms with Crippen LogP contribution in [0.1, 0.15) is 30.5 Å². The van der Waals surface area contributed by atoms with E-state index in [0.29, 0.717) is 0 Å². The Morgan fingerprint density at radius 2 is 0.867 bits per heavy atom. The van der Waals surface area contributed by atoms with Crippen molar-refractivity contribution >= 4 is 5.69 Å². The highest BCUT2D eigenvalue weighted by Crippen LogP contribution is 2.38. The molecule has 4 rings (SSSR count). The second-order valence-electron chi connectivity index (χ2n) is 7.47. The number of anilines is 1. The maximum atomic E-state index is 6.38. The van der Waals surface area contributed by atoms with Gasteiger partial charge in [0.25, 0.3) is 0 Å². The number of hydrogen-bond donors (Lipinski definition) is 1. The minimum atomic E-state index is 0.820. The van der Waals surface area contributed by atoms with Crippen molar-refractivity contribution in [2.75, 3.05) is 5.73 Å². The zero-order valence-electron chi connectivity index (χ0n) is 18.7. The summed E-state index contributed by atoms with van der Waals surface area (Å²) in [5.41, 5.74) is 18.2. The van der Waals surface area contributed by atoms with Gasteiger partial charge < -0.3 is 5.73 Å². The minimum Gasteiger partial charge on any atom is -0.398 e. The SMILES string of the molecule is CC.Cc1cc(C)c(-c2cc(-c3ccccc3)c(N)cc2C)cc1-c1ccccc1. The topological polar surface area (TPSA) is 26.0 Å². The molecule has 0 aliphatic rings. The largest absolute Gasteiger partial charge is 0.398 e. The molecule has 0 heterocycles. The van der Waals surface area contributed by atoms with Crippen molar-refractivity contribution in [2.45, 2.75) is 34.6 Å². The molecule has 0 saturated heterocycles. The zero-order valence-corrected chi connectivity index (χ0v) is 18.7. The molecule has 0 aromatic heterocycles. The predicted octanol–water partition coefficient (Wildman–Crippen LogP) is 8.22. The summed E-state index contributed by atoms with van der Waals surface area (Å²) in [6.45, 7) is 10.5. The Balaban J connectivity index is 0.00000124. The van der Waals surface area contributed by atoms with Gasteiger partial charge in [-0.2, -0.15) is 0 Å². The van der Waals surface area contributed by atoms with Crippen LogP contribution >= 0.6 is 0 Å². The molecule has 0 saturated carbocycles. The Bertz CT molecular complexity index is 1030. The summed E-state index contributed by atoms with van der Waals surface area (Å²) in [4.78, 5) is 0. The molecule has 0 aliphatic heterocycles. The minimum absolute atomic E-state index is 0.820. The van der Waals surface area contributed by atoms with Gasteiger partial charge in [0, 0.05) is 11.3 Å². The third kappa shape index (κ3) is 4.31. The highest BCUT2D eigenvalue weighted by atomic mass is 14.6. The zero-order chi connectivity index (χ0) is 21.7. The molecule has 0 fully saturated rings. The summed E-state index contributed by atoms with van der Waals surface area (Å²) >= 11 is 0. The third-order valence-corrected chi connectivity index (χ3v) is 5.43. The molecule has 0 unspecified atom stereocenters. The van der Waals surface area contributed by atoms with Crippen LogP contribution in [-0.4, -0.2) is 0 Å². The predicted molar refractivity (Wildman–Crippen MR) is 133 cm³/mol. The Labute approximate surface area is 181 Å². The number of rotatable bonds is 3. The van der Waals surface area contributed by atoms with Crippen LogP contribution in [0.5, 0.6) is 0 Å². The number of hydrogen-bond acceptors (Lipinski definition) is 1. The summed E-state index contributed by atoms with van der Waals surface area (Å²) in [7, 11) is 0. The second kappa shape index (κ2) is 9.45. The first-order valence-corrected chi connectivity index (χ1v) is 10.7. The molecule has 4 aromatic carbocycles. The van der Waals surface area contributed by atoms with E-state index in [4.69, 9.17) is 5.73 Å². The van der Waals surface area contributed by atoms with E-state index in [1.54, 1.807) is 0 Å². The van der Waals surface area contributed by atoms with Gasteiger partial charge in [-0.25, -0.2) is 0 Å². The van der Waals surface area contributed by atoms with Crippen LogP contribution in [0.2, 0.25) is 0 Å². The lowest BCUT2D eigenvalue weighted by molar-refractivity contribution is 1.36. The first-order chi connectivity index (χ1) is 14.5. The maximum absolute atomic E-state index is 6.38. The average molecular weight is 394 g/mol. The molecule has 30 heavy (non-hydrogen) atoms. The molecular weight excluding hydrogens is 362 g/mol. The highest BCUT2D eigenvalue weighted by Gasteiger charge is 2.13. The molecule has 1 nitrogen and oxygen atoms in total. The van der Waals surface area contributed by atoms with Gasteiger partial charge in [-0.3, -0.25) is 0 Å². The van der Waals surface area contributed by atoms with Crippen molar-refractivity contribution in [1.82, 2.24) is 0 Å².